The van der Waals surface area contributed by atoms with E-state index < -0.39 is 79.1 Å². The maximum atomic E-state index is 14.0. The largest absolute Gasteiger partial charge is 0.462 e. The minimum atomic E-state index is -6.39. The summed E-state index contributed by atoms with van der Waals surface area (Å²) in [6, 6.07) is 0. The lowest BCUT2D eigenvalue weighted by atomic mass is 9.68. The smallest absolute Gasteiger partial charge is 0.448 e. The zero-order valence-corrected chi connectivity index (χ0v) is 15.6. The van der Waals surface area contributed by atoms with Crippen LogP contribution in [0.1, 0.15) is 39.5 Å². The molecule has 2 N–H and O–H groups in total. The monoisotopic (exact) mass is 466 g/mol. The summed E-state index contributed by atoms with van der Waals surface area (Å²) in [6.45, 7) is 2.76. The lowest BCUT2D eigenvalue weighted by Crippen LogP contribution is -2.64. The van der Waals surface area contributed by atoms with Crippen LogP contribution in [0.3, 0.4) is 0 Å². The Hall–Kier alpha value is -1.31. The molecule has 0 aromatic rings. The van der Waals surface area contributed by atoms with Gasteiger partial charge in [-0.05, 0) is 25.7 Å². The lowest BCUT2D eigenvalue weighted by Gasteiger charge is -2.46. The van der Waals surface area contributed by atoms with Crippen LogP contribution in [0.15, 0.2) is 0 Å². The fourth-order valence-electron chi connectivity index (χ4n) is 3.32. The molecule has 0 aromatic carbocycles. The minimum Gasteiger partial charge on any atom is -0.462 e. The van der Waals surface area contributed by atoms with Crippen LogP contribution in [0, 0.1) is 17.8 Å². The topological polar surface area (TPSA) is 66.8 Å². The molecule has 0 aromatic heterocycles. The van der Waals surface area contributed by atoms with Gasteiger partial charge < -0.3 is 14.9 Å². The molecule has 1 aliphatic carbocycles. The van der Waals surface area contributed by atoms with Gasteiger partial charge in [0.1, 0.15) is 6.10 Å². The van der Waals surface area contributed by atoms with Crippen LogP contribution in [0.4, 0.5) is 43.9 Å². The molecule has 1 saturated carbocycles. The summed E-state index contributed by atoms with van der Waals surface area (Å²) in [5, 5.41) is 18.7. The fraction of sp³-hybridized carbons (Fsp3) is 0.938. The van der Waals surface area contributed by atoms with Crippen molar-refractivity contribution >= 4 is 5.97 Å². The molecule has 0 bridgehead atoms. The van der Waals surface area contributed by atoms with Gasteiger partial charge in [0.15, 0.2) is 0 Å². The third kappa shape index (κ3) is 4.94. The molecule has 0 radical (unpaired) electrons. The summed E-state index contributed by atoms with van der Waals surface area (Å²) in [6.07, 6.45) is -25.1. The molecule has 5 atom stereocenters. The molecule has 14 heteroatoms. The van der Waals surface area contributed by atoms with Gasteiger partial charge in [-0.15, -0.1) is 0 Å². The van der Waals surface area contributed by atoms with Crippen LogP contribution in [0.2, 0.25) is 0 Å². The number of carbonyl (C=O) groups excluding carboxylic acids is 1. The number of esters is 1. The van der Waals surface area contributed by atoms with Crippen molar-refractivity contribution in [3.63, 3.8) is 0 Å². The van der Waals surface area contributed by atoms with E-state index in [1.165, 1.54) is 13.8 Å². The fourth-order valence-corrected chi connectivity index (χ4v) is 3.32. The van der Waals surface area contributed by atoms with Gasteiger partial charge >= 0.3 is 30.4 Å². The summed E-state index contributed by atoms with van der Waals surface area (Å²) in [4.78, 5) is 11.8. The Balaban J connectivity index is 3.43. The van der Waals surface area contributed by atoms with E-state index in [1.807, 2.05) is 0 Å². The Morgan fingerprint density at radius 1 is 0.867 bits per heavy atom. The number of rotatable bonds is 5. The maximum absolute atomic E-state index is 14.0. The predicted molar refractivity (Wildman–Crippen MR) is 79.3 cm³/mol. The number of halogens is 10. The molecular formula is C16H20F10O4. The van der Waals surface area contributed by atoms with Crippen molar-refractivity contribution in [1.82, 2.24) is 0 Å². The highest BCUT2D eigenvalue weighted by atomic mass is 19.4. The van der Waals surface area contributed by atoms with Crippen LogP contribution >= 0.6 is 0 Å². The third-order valence-electron chi connectivity index (χ3n) is 5.36. The van der Waals surface area contributed by atoms with Gasteiger partial charge in [-0.25, -0.2) is 4.39 Å². The van der Waals surface area contributed by atoms with Gasteiger partial charge in [0.2, 0.25) is 0 Å². The highest BCUT2D eigenvalue weighted by molar-refractivity contribution is 5.72. The van der Waals surface area contributed by atoms with Crippen molar-refractivity contribution in [1.29, 1.82) is 0 Å². The first-order valence-electron chi connectivity index (χ1n) is 8.74. The highest BCUT2D eigenvalue weighted by Crippen LogP contribution is 2.55. The van der Waals surface area contributed by atoms with Gasteiger partial charge in [0, 0.05) is 11.8 Å². The van der Waals surface area contributed by atoms with Crippen molar-refractivity contribution in [3.05, 3.63) is 0 Å². The summed E-state index contributed by atoms with van der Waals surface area (Å²) >= 11 is 0. The SMILES string of the molecule is CCC(C)C(=O)OC1CC(C(O)(F)C(F)(F)F)CC(C(O)(C(F)(F)F)C(F)(F)F)C1. The van der Waals surface area contributed by atoms with E-state index in [-0.39, 0.29) is 6.42 Å². The number of carbonyl (C=O) groups is 1. The first kappa shape index (κ1) is 26.7. The quantitative estimate of drug-likeness (QED) is 0.465. The molecule has 0 aliphatic heterocycles. The molecule has 0 heterocycles. The van der Waals surface area contributed by atoms with Crippen LogP contribution in [-0.4, -0.2) is 52.3 Å². The first-order chi connectivity index (χ1) is 13.2. The molecular weight excluding hydrogens is 446 g/mol. The van der Waals surface area contributed by atoms with Gasteiger partial charge in [0.25, 0.3) is 5.60 Å². The Morgan fingerprint density at radius 2 is 1.30 bits per heavy atom. The number of hydrogen-bond donors (Lipinski definition) is 2. The molecule has 0 spiro atoms. The number of hydrogen-bond acceptors (Lipinski definition) is 4. The van der Waals surface area contributed by atoms with Crippen LogP contribution < -0.4 is 0 Å². The van der Waals surface area contributed by atoms with Crippen LogP contribution in [0.25, 0.3) is 0 Å². The predicted octanol–water partition coefficient (Wildman–Crippen LogP) is 4.44. The maximum Gasteiger partial charge on any atom is 0.448 e. The second kappa shape index (κ2) is 8.32. The van der Waals surface area contributed by atoms with Crippen molar-refractivity contribution < 1.29 is 63.6 Å². The van der Waals surface area contributed by atoms with Crippen LogP contribution in [0.5, 0.6) is 0 Å². The number of aliphatic hydroxyl groups is 2. The van der Waals surface area contributed by atoms with Crippen molar-refractivity contribution in [2.24, 2.45) is 17.8 Å². The molecule has 1 rings (SSSR count). The standard InChI is InChI=1S/C16H20F10O4/c1-3-7(2)11(27)30-10-5-8(12(28,14(18,19)20)15(21,22)23)4-9(6-10)13(17,29)16(24,25)26/h7-10,28-29H,3-6H2,1-2H3. The Bertz CT molecular complexity index is 597. The van der Waals surface area contributed by atoms with Crippen molar-refractivity contribution in [2.45, 2.75) is 75.6 Å². The van der Waals surface area contributed by atoms with Gasteiger partial charge in [0.05, 0.1) is 5.92 Å². The minimum absolute atomic E-state index is 0.128. The average Bonchev–Trinajstić information content (AvgIpc) is 2.56. The van der Waals surface area contributed by atoms with Crippen molar-refractivity contribution in [3.8, 4) is 0 Å². The molecule has 0 amide bonds. The van der Waals surface area contributed by atoms with Crippen molar-refractivity contribution in [2.75, 3.05) is 0 Å². The summed E-state index contributed by atoms with van der Waals surface area (Å²) in [5.41, 5.74) is -5.51. The Labute approximate surface area is 164 Å². The van der Waals surface area contributed by atoms with E-state index in [4.69, 9.17) is 4.74 Å². The first-order valence-corrected chi connectivity index (χ1v) is 8.74. The lowest BCUT2D eigenvalue weighted by molar-refractivity contribution is -0.395. The molecule has 4 nitrogen and oxygen atoms in total. The van der Waals surface area contributed by atoms with E-state index in [1.54, 1.807) is 0 Å². The Morgan fingerprint density at radius 3 is 1.67 bits per heavy atom. The third-order valence-corrected chi connectivity index (χ3v) is 5.36. The van der Waals surface area contributed by atoms with E-state index in [2.05, 4.69) is 0 Å². The second-order valence-electron chi connectivity index (χ2n) is 7.40. The molecule has 1 aliphatic rings. The molecule has 178 valence electrons. The van der Waals surface area contributed by atoms with Crippen LogP contribution in [-0.2, 0) is 9.53 Å². The zero-order valence-electron chi connectivity index (χ0n) is 15.6. The number of alkyl halides is 10. The van der Waals surface area contributed by atoms with E-state index >= 15 is 0 Å². The summed E-state index contributed by atoms with van der Waals surface area (Å²) in [7, 11) is 0. The second-order valence-corrected chi connectivity index (χ2v) is 7.40. The van der Waals surface area contributed by atoms with E-state index in [9.17, 15) is 58.9 Å². The number of ether oxygens (including phenoxy) is 1. The van der Waals surface area contributed by atoms with E-state index in [0.29, 0.717) is 0 Å². The Kier molecular flexibility index (Phi) is 7.41. The highest BCUT2D eigenvalue weighted by Gasteiger charge is 2.75. The molecule has 30 heavy (non-hydrogen) atoms. The van der Waals surface area contributed by atoms with Gasteiger partial charge in [-0.3, -0.25) is 4.79 Å². The normalized spacial score (nSPS) is 27.3. The summed E-state index contributed by atoms with van der Waals surface area (Å²) in [5.74, 6) is -13.2. The van der Waals surface area contributed by atoms with E-state index in [0.717, 1.165) is 0 Å². The molecule has 0 saturated heterocycles. The van der Waals surface area contributed by atoms with Gasteiger partial charge in [-0.1, -0.05) is 13.8 Å². The summed E-state index contributed by atoms with van der Waals surface area (Å²) < 4.78 is 136. The molecule has 5 unspecified atom stereocenters. The zero-order chi connectivity index (χ0) is 23.9. The molecule has 1 fully saturated rings. The average molecular weight is 466 g/mol. The van der Waals surface area contributed by atoms with Gasteiger partial charge in [-0.2, -0.15) is 39.5 Å².